The molecule has 2 atom stereocenters. The summed E-state index contributed by atoms with van der Waals surface area (Å²) < 4.78 is 40.3. The molecule has 11 heteroatoms. The van der Waals surface area contributed by atoms with Crippen LogP contribution in [-0.2, 0) is 6.18 Å². The molecule has 1 saturated heterocycles. The van der Waals surface area contributed by atoms with Gasteiger partial charge in [-0.1, -0.05) is 42.8 Å². The molecule has 0 bridgehead atoms. The Morgan fingerprint density at radius 3 is 2.70 bits per heavy atom. The zero-order valence-corrected chi connectivity index (χ0v) is 21.4. The van der Waals surface area contributed by atoms with Crippen molar-refractivity contribution in [2.45, 2.75) is 35.6 Å². The van der Waals surface area contributed by atoms with Crippen LogP contribution in [0, 0.1) is 11.3 Å². The van der Waals surface area contributed by atoms with Crippen LogP contribution in [-0.4, -0.2) is 40.8 Å². The lowest BCUT2D eigenvalue weighted by Gasteiger charge is -2.21. The van der Waals surface area contributed by atoms with Gasteiger partial charge in [-0.15, -0.1) is 11.8 Å². The number of rotatable bonds is 7. The summed E-state index contributed by atoms with van der Waals surface area (Å²) in [6, 6.07) is 14.8. The van der Waals surface area contributed by atoms with Crippen LogP contribution in [0.2, 0.25) is 5.02 Å². The number of thioether (sulfide) groups is 1. The Balaban J connectivity index is 1.48. The number of halogens is 4. The van der Waals surface area contributed by atoms with E-state index in [1.54, 1.807) is 18.2 Å². The van der Waals surface area contributed by atoms with E-state index >= 15 is 0 Å². The van der Waals surface area contributed by atoms with Crippen LogP contribution in [0.25, 0.3) is 0 Å². The van der Waals surface area contributed by atoms with Gasteiger partial charge < -0.3 is 10.2 Å². The Hall–Kier alpha value is -3.29. The summed E-state index contributed by atoms with van der Waals surface area (Å²) >= 11 is 7.11. The van der Waals surface area contributed by atoms with E-state index in [9.17, 15) is 23.2 Å². The molecule has 1 N–H and O–H groups in total. The fourth-order valence-electron chi connectivity index (χ4n) is 4.08. The highest BCUT2D eigenvalue weighted by atomic mass is 35.5. The molecule has 2 heterocycles. The Morgan fingerprint density at radius 1 is 1.27 bits per heavy atom. The van der Waals surface area contributed by atoms with Gasteiger partial charge in [-0.05, 0) is 42.2 Å². The second kappa shape index (κ2) is 11.4. The molecule has 1 fully saturated rings. The normalized spacial score (nSPS) is 16.3. The molecule has 3 aromatic rings. The molecule has 6 nitrogen and oxygen atoms in total. The number of amides is 1. The second-order valence-electron chi connectivity index (χ2n) is 8.67. The third kappa shape index (κ3) is 6.53. The van der Waals surface area contributed by atoms with Crippen LogP contribution in [0.3, 0.4) is 0 Å². The highest BCUT2D eigenvalue weighted by Gasteiger charge is 2.35. The fraction of sp³-hybridized carbons (Fsp3) is 0.308. The van der Waals surface area contributed by atoms with Gasteiger partial charge in [0, 0.05) is 41.0 Å². The summed E-state index contributed by atoms with van der Waals surface area (Å²) in [6.07, 6.45) is -2.52. The standard InChI is InChI=1S/C26H23ClF3N5OS/c1-16(17-6-8-18(27)9-7-17)13-33-25(36)20-14-32-23(12-31)34-24(20)35-11-10-19(15-35)37-22-5-3-2-4-21(22)26(28,29)30/h2-9,14,16,19H,10-11,13,15H2,1H3,(H,33,36). The van der Waals surface area contributed by atoms with Crippen LogP contribution in [0.4, 0.5) is 19.0 Å². The molecule has 0 saturated carbocycles. The molecule has 0 spiro atoms. The number of hydrogen-bond acceptors (Lipinski definition) is 6. The molecular weight excluding hydrogens is 523 g/mol. The first kappa shape index (κ1) is 26.8. The van der Waals surface area contributed by atoms with E-state index in [4.69, 9.17) is 11.6 Å². The van der Waals surface area contributed by atoms with Gasteiger partial charge in [-0.3, -0.25) is 4.79 Å². The summed E-state index contributed by atoms with van der Waals surface area (Å²) in [4.78, 5) is 23.3. The first-order chi connectivity index (χ1) is 17.7. The zero-order chi connectivity index (χ0) is 26.6. The van der Waals surface area contributed by atoms with Crippen LogP contribution in [0.1, 0.15) is 46.6 Å². The molecule has 1 aliphatic rings. The maximum atomic E-state index is 13.4. The summed E-state index contributed by atoms with van der Waals surface area (Å²) in [6.45, 7) is 3.18. The molecule has 0 radical (unpaired) electrons. The van der Waals surface area contributed by atoms with E-state index in [0.717, 1.165) is 23.4 Å². The lowest BCUT2D eigenvalue weighted by molar-refractivity contribution is -0.139. The van der Waals surface area contributed by atoms with Crippen LogP contribution >= 0.6 is 23.4 Å². The van der Waals surface area contributed by atoms with Gasteiger partial charge >= 0.3 is 6.18 Å². The first-order valence-electron chi connectivity index (χ1n) is 11.5. The number of nitrogens with zero attached hydrogens (tertiary/aromatic N) is 4. The van der Waals surface area contributed by atoms with Gasteiger partial charge in [0.15, 0.2) is 0 Å². The van der Waals surface area contributed by atoms with Gasteiger partial charge in [0.25, 0.3) is 5.91 Å². The molecule has 2 unspecified atom stereocenters. The molecule has 1 aromatic heterocycles. The highest BCUT2D eigenvalue weighted by molar-refractivity contribution is 8.00. The Labute approximate surface area is 221 Å². The summed E-state index contributed by atoms with van der Waals surface area (Å²) in [5.74, 6) is -0.154. The van der Waals surface area contributed by atoms with Gasteiger partial charge in [-0.2, -0.15) is 18.4 Å². The Morgan fingerprint density at radius 2 is 2.00 bits per heavy atom. The van der Waals surface area contributed by atoms with Gasteiger partial charge in [-0.25, -0.2) is 9.97 Å². The third-order valence-corrected chi connectivity index (χ3v) is 7.63. The number of nitriles is 1. The molecule has 37 heavy (non-hydrogen) atoms. The average Bonchev–Trinajstić information content (AvgIpc) is 3.35. The van der Waals surface area contributed by atoms with Crippen molar-refractivity contribution in [2.75, 3.05) is 24.5 Å². The van der Waals surface area contributed by atoms with Crippen molar-refractivity contribution in [3.05, 3.63) is 82.3 Å². The van der Waals surface area contributed by atoms with Crippen molar-refractivity contribution in [3.63, 3.8) is 0 Å². The van der Waals surface area contributed by atoms with Crippen LogP contribution in [0.5, 0.6) is 0 Å². The SMILES string of the molecule is CC(CNC(=O)c1cnc(C#N)nc1N1CCC(Sc2ccccc2C(F)(F)F)C1)c1ccc(Cl)cc1. The number of benzene rings is 2. The lowest BCUT2D eigenvalue weighted by Crippen LogP contribution is -2.31. The van der Waals surface area contributed by atoms with E-state index in [0.29, 0.717) is 36.9 Å². The predicted octanol–water partition coefficient (Wildman–Crippen LogP) is 5.92. The number of aromatic nitrogens is 2. The largest absolute Gasteiger partial charge is 0.417 e. The van der Waals surface area contributed by atoms with Crippen molar-refractivity contribution in [1.82, 2.24) is 15.3 Å². The molecule has 4 rings (SSSR count). The second-order valence-corrected chi connectivity index (χ2v) is 10.5. The quantitative estimate of drug-likeness (QED) is 0.396. The van der Waals surface area contributed by atoms with Gasteiger partial charge in [0.2, 0.25) is 5.82 Å². The minimum absolute atomic E-state index is 0.0187. The number of alkyl halides is 3. The van der Waals surface area contributed by atoms with Crippen LogP contribution < -0.4 is 10.2 Å². The van der Waals surface area contributed by atoms with E-state index < -0.39 is 11.7 Å². The molecule has 192 valence electrons. The number of carbonyl (C=O) groups is 1. The minimum Gasteiger partial charge on any atom is -0.355 e. The third-order valence-electron chi connectivity index (χ3n) is 6.05. The minimum atomic E-state index is -4.44. The molecule has 1 amide bonds. The maximum absolute atomic E-state index is 13.4. The topological polar surface area (TPSA) is 81.9 Å². The maximum Gasteiger partial charge on any atom is 0.417 e. The number of nitrogens with one attached hydrogen (secondary N) is 1. The highest BCUT2D eigenvalue weighted by Crippen LogP contribution is 2.40. The van der Waals surface area contributed by atoms with Crippen LogP contribution in [0.15, 0.2) is 59.6 Å². The number of carbonyl (C=O) groups excluding carboxylic acids is 1. The molecule has 2 aromatic carbocycles. The number of anilines is 1. The molecular formula is C26H23ClF3N5OS. The average molecular weight is 546 g/mol. The number of hydrogen-bond donors (Lipinski definition) is 1. The van der Waals surface area contributed by atoms with E-state index in [-0.39, 0.29) is 33.4 Å². The summed E-state index contributed by atoms with van der Waals surface area (Å²) in [5, 5.41) is 12.7. The van der Waals surface area contributed by atoms with E-state index in [1.165, 1.54) is 18.3 Å². The van der Waals surface area contributed by atoms with E-state index in [1.807, 2.05) is 30.0 Å². The van der Waals surface area contributed by atoms with Crippen molar-refractivity contribution in [1.29, 1.82) is 5.26 Å². The predicted molar refractivity (Wildman–Crippen MR) is 137 cm³/mol. The molecule has 1 aliphatic heterocycles. The molecule has 0 aliphatic carbocycles. The van der Waals surface area contributed by atoms with Gasteiger partial charge in [0.1, 0.15) is 17.5 Å². The van der Waals surface area contributed by atoms with Crippen molar-refractivity contribution < 1.29 is 18.0 Å². The van der Waals surface area contributed by atoms with Crippen molar-refractivity contribution in [2.24, 2.45) is 0 Å². The monoisotopic (exact) mass is 545 g/mol. The van der Waals surface area contributed by atoms with Crippen molar-refractivity contribution in [3.8, 4) is 6.07 Å². The van der Waals surface area contributed by atoms with E-state index in [2.05, 4.69) is 15.3 Å². The summed E-state index contributed by atoms with van der Waals surface area (Å²) in [5.41, 5.74) is 0.560. The Kier molecular flexibility index (Phi) is 8.25. The first-order valence-corrected chi connectivity index (χ1v) is 12.8. The fourth-order valence-corrected chi connectivity index (χ4v) is 5.51. The van der Waals surface area contributed by atoms with Gasteiger partial charge in [0.05, 0.1) is 5.56 Å². The van der Waals surface area contributed by atoms with Crippen molar-refractivity contribution >= 4 is 35.1 Å². The lowest BCUT2D eigenvalue weighted by atomic mass is 10.0. The summed E-state index contributed by atoms with van der Waals surface area (Å²) in [7, 11) is 0. The Bertz CT molecular complexity index is 1310. The smallest absolute Gasteiger partial charge is 0.355 e. The zero-order valence-electron chi connectivity index (χ0n) is 19.8.